The van der Waals surface area contributed by atoms with Crippen LogP contribution in [-0.4, -0.2) is 11.1 Å². The maximum Gasteiger partial charge on any atom is 0.373 e. The van der Waals surface area contributed by atoms with Crippen LogP contribution in [-0.2, 0) is 4.79 Å². The Bertz CT molecular complexity index is 601. The number of hydrogen-bond donors (Lipinski definition) is 1. The molecule has 0 bridgehead atoms. The van der Waals surface area contributed by atoms with Crippen LogP contribution in [0.25, 0.3) is 11.1 Å². The Labute approximate surface area is 112 Å². The maximum atomic E-state index is 11.5. The molecule has 4 nitrogen and oxygen atoms in total. The third-order valence-electron chi connectivity index (χ3n) is 3.40. The van der Waals surface area contributed by atoms with Crippen LogP contribution in [0.4, 0.5) is 0 Å². The standard InChI is InChI=1S/C15H19NO3/c1-4-5-6-12(15(17)18)16-11(3)19-14-8-7-10(2)9-13(14)16/h7-9,12H,4-6H2,1-3H3/p+1. The van der Waals surface area contributed by atoms with Gasteiger partial charge in [0.15, 0.2) is 0 Å². The minimum absolute atomic E-state index is 0.553. The van der Waals surface area contributed by atoms with E-state index in [-0.39, 0.29) is 0 Å². The van der Waals surface area contributed by atoms with Gasteiger partial charge in [0.05, 0.1) is 6.92 Å². The fraction of sp³-hybridized carbons (Fsp3) is 0.467. The molecule has 0 aliphatic carbocycles. The Morgan fingerprint density at radius 3 is 2.79 bits per heavy atom. The van der Waals surface area contributed by atoms with Gasteiger partial charge < -0.3 is 9.52 Å². The molecule has 102 valence electrons. The molecule has 0 spiro atoms. The van der Waals surface area contributed by atoms with Gasteiger partial charge in [-0.3, -0.25) is 0 Å². The highest BCUT2D eigenvalue weighted by Crippen LogP contribution is 2.20. The van der Waals surface area contributed by atoms with Crippen molar-refractivity contribution in [2.75, 3.05) is 0 Å². The number of aryl methyl sites for hydroxylation is 2. The number of carboxylic acids is 1. The Morgan fingerprint density at radius 2 is 2.16 bits per heavy atom. The van der Waals surface area contributed by atoms with E-state index in [4.69, 9.17) is 4.42 Å². The van der Waals surface area contributed by atoms with Crippen LogP contribution in [0.3, 0.4) is 0 Å². The maximum absolute atomic E-state index is 11.5. The molecule has 1 N–H and O–H groups in total. The number of benzene rings is 1. The van der Waals surface area contributed by atoms with Crippen molar-refractivity contribution in [3.63, 3.8) is 0 Å². The van der Waals surface area contributed by atoms with Crippen molar-refractivity contribution in [2.24, 2.45) is 0 Å². The second kappa shape index (κ2) is 5.43. The molecule has 1 atom stereocenters. The van der Waals surface area contributed by atoms with Gasteiger partial charge in [0.25, 0.3) is 11.6 Å². The summed E-state index contributed by atoms with van der Waals surface area (Å²) < 4.78 is 7.47. The average Bonchev–Trinajstić information content (AvgIpc) is 2.66. The molecule has 2 aromatic rings. The Balaban J connectivity index is 2.54. The molecule has 1 unspecified atom stereocenters. The summed E-state index contributed by atoms with van der Waals surface area (Å²) in [4.78, 5) is 11.5. The van der Waals surface area contributed by atoms with Crippen LogP contribution in [0.5, 0.6) is 0 Å². The number of rotatable bonds is 5. The molecule has 0 saturated carbocycles. The summed E-state index contributed by atoms with van der Waals surface area (Å²) in [6.45, 7) is 5.87. The van der Waals surface area contributed by atoms with Crippen molar-refractivity contribution in [1.29, 1.82) is 0 Å². The van der Waals surface area contributed by atoms with Gasteiger partial charge in [-0.25, -0.2) is 4.79 Å². The van der Waals surface area contributed by atoms with Crippen LogP contribution in [0.1, 0.15) is 43.7 Å². The molecule has 4 heteroatoms. The average molecular weight is 262 g/mol. The fourth-order valence-electron chi connectivity index (χ4n) is 2.43. The molecule has 1 aromatic carbocycles. The Hall–Kier alpha value is -1.84. The number of unbranched alkanes of at least 4 members (excludes halogenated alkanes) is 1. The predicted octanol–water partition coefficient (Wildman–Crippen LogP) is 3.15. The minimum atomic E-state index is -0.800. The molecule has 0 amide bonds. The summed E-state index contributed by atoms with van der Waals surface area (Å²) >= 11 is 0. The third-order valence-corrected chi connectivity index (χ3v) is 3.40. The lowest BCUT2D eigenvalue weighted by molar-refractivity contribution is -0.697. The first-order chi connectivity index (χ1) is 9.04. The van der Waals surface area contributed by atoms with E-state index in [0.717, 1.165) is 29.5 Å². The highest BCUT2D eigenvalue weighted by atomic mass is 16.4. The molecular weight excluding hydrogens is 242 g/mol. The molecule has 0 aliphatic rings. The molecule has 0 fully saturated rings. The zero-order chi connectivity index (χ0) is 14.0. The highest BCUT2D eigenvalue weighted by Gasteiger charge is 2.33. The van der Waals surface area contributed by atoms with Gasteiger partial charge in [-0.05, 0) is 25.0 Å². The normalized spacial score (nSPS) is 12.8. The molecule has 1 aromatic heterocycles. The van der Waals surface area contributed by atoms with Crippen LogP contribution < -0.4 is 4.57 Å². The first kappa shape index (κ1) is 13.6. The summed E-state index contributed by atoms with van der Waals surface area (Å²) in [6.07, 6.45) is 2.50. The van der Waals surface area contributed by atoms with E-state index in [0.29, 0.717) is 12.3 Å². The van der Waals surface area contributed by atoms with Crippen molar-refractivity contribution < 1.29 is 18.9 Å². The molecule has 2 rings (SSSR count). The van der Waals surface area contributed by atoms with Gasteiger partial charge in [-0.2, -0.15) is 0 Å². The number of nitrogens with zero attached hydrogens (tertiary/aromatic N) is 1. The largest absolute Gasteiger partial charge is 0.476 e. The van der Waals surface area contributed by atoms with Gasteiger partial charge in [-0.15, -0.1) is 4.57 Å². The van der Waals surface area contributed by atoms with Crippen molar-refractivity contribution in [3.8, 4) is 0 Å². The molecule has 0 radical (unpaired) electrons. The van der Waals surface area contributed by atoms with Crippen LogP contribution in [0, 0.1) is 13.8 Å². The first-order valence-electron chi connectivity index (χ1n) is 6.68. The van der Waals surface area contributed by atoms with E-state index in [1.54, 1.807) is 4.57 Å². The molecule has 0 saturated heterocycles. The third kappa shape index (κ3) is 2.62. The highest BCUT2D eigenvalue weighted by molar-refractivity contribution is 5.73. The van der Waals surface area contributed by atoms with Crippen molar-refractivity contribution in [3.05, 3.63) is 29.7 Å². The molecular formula is C15H20NO3+. The van der Waals surface area contributed by atoms with E-state index in [1.807, 2.05) is 32.0 Å². The number of hydrogen-bond acceptors (Lipinski definition) is 2. The van der Waals surface area contributed by atoms with Gasteiger partial charge >= 0.3 is 11.9 Å². The van der Waals surface area contributed by atoms with Crippen LogP contribution >= 0.6 is 0 Å². The monoisotopic (exact) mass is 262 g/mol. The van der Waals surface area contributed by atoms with Crippen molar-refractivity contribution in [2.45, 2.75) is 46.1 Å². The lowest BCUT2D eigenvalue weighted by atomic mass is 10.1. The lowest BCUT2D eigenvalue weighted by Crippen LogP contribution is -2.45. The van der Waals surface area contributed by atoms with Gasteiger partial charge in [-0.1, -0.05) is 19.4 Å². The summed E-state index contributed by atoms with van der Waals surface area (Å²) in [6, 6.07) is 5.29. The Morgan fingerprint density at radius 1 is 1.42 bits per heavy atom. The first-order valence-corrected chi connectivity index (χ1v) is 6.68. The van der Waals surface area contributed by atoms with Crippen LogP contribution in [0.2, 0.25) is 0 Å². The van der Waals surface area contributed by atoms with Gasteiger partial charge in [0.1, 0.15) is 0 Å². The molecule has 19 heavy (non-hydrogen) atoms. The van der Waals surface area contributed by atoms with E-state index in [1.165, 1.54) is 0 Å². The van der Waals surface area contributed by atoms with Crippen molar-refractivity contribution >= 4 is 17.1 Å². The molecule has 0 aliphatic heterocycles. The number of aromatic nitrogens is 1. The zero-order valence-corrected chi connectivity index (χ0v) is 11.6. The smallest absolute Gasteiger partial charge is 0.373 e. The second-order valence-electron chi connectivity index (χ2n) is 4.96. The number of oxazole rings is 1. The van der Waals surface area contributed by atoms with E-state index in [9.17, 15) is 9.90 Å². The number of carboxylic acid groups (broad SMARTS) is 1. The predicted molar refractivity (Wildman–Crippen MR) is 72.1 cm³/mol. The van der Waals surface area contributed by atoms with Gasteiger partial charge in [0, 0.05) is 12.5 Å². The quantitative estimate of drug-likeness (QED) is 0.842. The summed E-state index contributed by atoms with van der Waals surface area (Å²) in [5.74, 6) is -0.158. The number of carbonyl (C=O) groups is 1. The lowest BCUT2D eigenvalue weighted by Gasteiger charge is -2.06. The van der Waals surface area contributed by atoms with Gasteiger partial charge in [0.2, 0.25) is 5.58 Å². The summed E-state index contributed by atoms with van der Waals surface area (Å²) in [5.41, 5.74) is 2.70. The summed E-state index contributed by atoms with van der Waals surface area (Å²) in [5, 5.41) is 9.46. The van der Waals surface area contributed by atoms with Crippen LogP contribution in [0.15, 0.2) is 22.6 Å². The zero-order valence-electron chi connectivity index (χ0n) is 11.6. The van der Waals surface area contributed by atoms with E-state index in [2.05, 4.69) is 6.92 Å². The van der Waals surface area contributed by atoms with E-state index >= 15 is 0 Å². The number of fused-ring (bicyclic) bond motifs is 1. The fourth-order valence-corrected chi connectivity index (χ4v) is 2.43. The van der Waals surface area contributed by atoms with E-state index < -0.39 is 12.0 Å². The number of aliphatic carboxylic acids is 1. The van der Waals surface area contributed by atoms with Crippen molar-refractivity contribution in [1.82, 2.24) is 0 Å². The topological polar surface area (TPSA) is 54.3 Å². The summed E-state index contributed by atoms with van der Waals surface area (Å²) in [7, 11) is 0. The minimum Gasteiger partial charge on any atom is -0.476 e. The SMILES string of the molecule is CCCCC(C(=O)O)[n+]1c(C)oc2ccc(C)cc21. The Kier molecular flexibility index (Phi) is 3.88. The second-order valence-corrected chi connectivity index (χ2v) is 4.96. The molecule has 1 heterocycles.